The molecule has 212 valence electrons. The van der Waals surface area contributed by atoms with Crippen LogP contribution in [0.4, 0.5) is 46.5 Å². The summed E-state index contributed by atoms with van der Waals surface area (Å²) in [4.78, 5) is 22.4. The van der Waals surface area contributed by atoms with Gasteiger partial charge in [-0.25, -0.2) is 14.8 Å². The summed E-state index contributed by atoms with van der Waals surface area (Å²) in [6, 6.07) is 17.4. The fraction of sp³-hybridized carbons (Fsp3) is 0.179. The highest BCUT2D eigenvalue weighted by Crippen LogP contribution is 2.38. The highest BCUT2D eigenvalue weighted by atomic mass is 19.4. The molecule has 1 saturated heterocycles. The molecule has 1 fully saturated rings. The number of nitrogens with zero attached hydrogens (tertiary/aromatic N) is 3. The minimum Gasteiger partial charge on any atom is -0.508 e. The van der Waals surface area contributed by atoms with E-state index in [0.717, 1.165) is 6.07 Å². The predicted octanol–water partition coefficient (Wildman–Crippen LogP) is 6.22. The normalized spacial score (nSPS) is 13.4. The number of hydrogen-bond acceptors (Lipinski definition) is 8. The molecule has 10 nitrogen and oxygen atoms in total. The van der Waals surface area contributed by atoms with E-state index >= 15 is 0 Å². The number of aromatic hydroxyl groups is 1. The van der Waals surface area contributed by atoms with Gasteiger partial charge in [0.15, 0.2) is 0 Å². The maximum atomic E-state index is 13.8. The van der Waals surface area contributed by atoms with E-state index in [9.17, 15) is 23.1 Å². The van der Waals surface area contributed by atoms with Crippen molar-refractivity contribution in [2.24, 2.45) is 0 Å². The van der Waals surface area contributed by atoms with Gasteiger partial charge in [0.1, 0.15) is 23.6 Å². The number of rotatable bonds is 7. The number of anilines is 5. The average molecular weight is 567 g/mol. The van der Waals surface area contributed by atoms with Crippen LogP contribution < -0.4 is 25.6 Å². The van der Waals surface area contributed by atoms with Gasteiger partial charge in [-0.05, 0) is 66.7 Å². The third kappa shape index (κ3) is 7.33. The lowest BCUT2D eigenvalue weighted by molar-refractivity contribution is -0.137. The van der Waals surface area contributed by atoms with E-state index in [4.69, 9.17) is 9.47 Å². The number of phenols is 1. The minimum atomic E-state index is -4.59. The van der Waals surface area contributed by atoms with Gasteiger partial charge in [-0.3, -0.25) is 0 Å². The molecule has 41 heavy (non-hydrogen) atoms. The van der Waals surface area contributed by atoms with Gasteiger partial charge in [0.2, 0.25) is 5.88 Å². The Morgan fingerprint density at radius 3 is 2.24 bits per heavy atom. The van der Waals surface area contributed by atoms with Gasteiger partial charge >= 0.3 is 12.2 Å². The topological polar surface area (TPSA) is 121 Å². The van der Waals surface area contributed by atoms with Crippen molar-refractivity contribution in [3.63, 3.8) is 0 Å². The first-order chi connectivity index (χ1) is 19.7. The highest BCUT2D eigenvalue weighted by molar-refractivity contribution is 6.00. The zero-order valence-electron chi connectivity index (χ0n) is 21.5. The smallest absolute Gasteiger partial charge is 0.418 e. The summed E-state index contributed by atoms with van der Waals surface area (Å²) >= 11 is 0. The number of morpholine rings is 1. The molecule has 5 rings (SSSR count). The molecule has 1 aliphatic heterocycles. The molecule has 0 unspecified atom stereocenters. The van der Waals surface area contributed by atoms with Crippen LogP contribution in [0.5, 0.6) is 17.4 Å². The van der Waals surface area contributed by atoms with E-state index < -0.39 is 17.8 Å². The molecular weight excluding hydrogens is 541 g/mol. The number of halogens is 3. The van der Waals surface area contributed by atoms with Crippen molar-refractivity contribution in [3.8, 4) is 17.4 Å². The Hall–Kier alpha value is -5.04. The van der Waals surface area contributed by atoms with Crippen LogP contribution in [0, 0.1) is 0 Å². The van der Waals surface area contributed by atoms with Crippen LogP contribution in [-0.2, 0) is 10.9 Å². The average Bonchev–Trinajstić information content (AvgIpc) is 2.95. The van der Waals surface area contributed by atoms with Gasteiger partial charge in [0.25, 0.3) is 0 Å². The van der Waals surface area contributed by atoms with E-state index in [-0.39, 0.29) is 23.0 Å². The molecule has 0 saturated carbocycles. The van der Waals surface area contributed by atoms with E-state index in [2.05, 4.69) is 25.9 Å². The van der Waals surface area contributed by atoms with Crippen molar-refractivity contribution in [2.45, 2.75) is 6.18 Å². The largest absolute Gasteiger partial charge is 0.508 e. The Morgan fingerprint density at radius 2 is 1.54 bits per heavy atom. The number of phenolic OH excluding ortho intramolecular Hbond substituents is 1. The number of carbonyl (C=O) groups excluding carboxylic acids is 1. The molecular formula is C28H25F3N6O4. The number of benzene rings is 3. The summed E-state index contributed by atoms with van der Waals surface area (Å²) in [7, 11) is 0. The standard InChI is InChI=1S/C28H25F3N6O4/c29-28(30,31)23-15-20(5-10-24(23)37-11-13-40-14-12-37)36-27(39)35-19-3-8-22(9-4-19)41-26-16-25(32-17-33-26)34-18-1-6-21(38)7-2-18/h1-10,15-17,38H,11-14H2,(H,32,33,34)(H2,35,36,39). The molecule has 4 N–H and O–H groups in total. The van der Waals surface area contributed by atoms with E-state index in [1.54, 1.807) is 59.5 Å². The first kappa shape index (κ1) is 27.5. The Morgan fingerprint density at radius 1 is 0.878 bits per heavy atom. The Balaban J connectivity index is 1.19. The van der Waals surface area contributed by atoms with E-state index in [1.807, 2.05) is 0 Å². The quantitative estimate of drug-likeness (QED) is 0.195. The van der Waals surface area contributed by atoms with Crippen molar-refractivity contribution < 1.29 is 32.5 Å². The summed E-state index contributed by atoms with van der Waals surface area (Å²) in [6.07, 6.45) is -3.26. The number of ether oxygens (including phenoxy) is 2. The molecule has 1 aromatic heterocycles. The second-order valence-electron chi connectivity index (χ2n) is 8.95. The second-order valence-corrected chi connectivity index (χ2v) is 8.95. The first-order valence-corrected chi connectivity index (χ1v) is 12.5. The van der Waals surface area contributed by atoms with Gasteiger partial charge < -0.3 is 35.4 Å². The van der Waals surface area contributed by atoms with Crippen LogP contribution in [0.3, 0.4) is 0 Å². The summed E-state index contributed by atoms with van der Waals surface area (Å²) in [5, 5.41) is 17.5. The maximum Gasteiger partial charge on any atom is 0.418 e. The minimum absolute atomic E-state index is 0.00673. The van der Waals surface area contributed by atoms with Gasteiger partial charge in [0, 0.05) is 41.9 Å². The van der Waals surface area contributed by atoms with Gasteiger partial charge in [-0.1, -0.05) is 0 Å². The fourth-order valence-electron chi connectivity index (χ4n) is 4.10. The monoisotopic (exact) mass is 566 g/mol. The summed E-state index contributed by atoms with van der Waals surface area (Å²) < 4.78 is 52.3. The third-order valence-electron chi connectivity index (χ3n) is 6.03. The Bertz CT molecular complexity index is 1490. The summed E-state index contributed by atoms with van der Waals surface area (Å²) in [5.74, 6) is 1.31. The zero-order valence-corrected chi connectivity index (χ0v) is 21.5. The molecule has 4 aromatic rings. The molecule has 2 amide bonds. The number of alkyl halides is 3. The molecule has 1 aliphatic rings. The van der Waals surface area contributed by atoms with Crippen LogP contribution in [0.25, 0.3) is 0 Å². The molecule has 0 aliphatic carbocycles. The fourth-order valence-corrected chi connectivity index (χ4v) is 4.10. The molecule has 13 heteroatoms. The predicted molar refractivity (Wildman–Crippen MR) is 147 cm³/mol. The van der Waals surface area contributed by atoms with Crippen molar-refractivity contribution in [1.29, 1.82) is 0 Å². The van der Waals surface area contributed by atoms with Crippen LogP contribution in [0.15, 0.2) is 79.1 Å². The number of urea groups is 1. The number of nitrogens with one attached hydrogen (secondary N) is 3. The van der Waals surface area contributed by atoms with Gasteiger partial charge in [-0.15, -0.1) is 0 Å². The summed E-state index contributed by atoms with van der Waals surface area (Å²) in [5.41, 5.74) is 0.337. The van der Waals surface area contributed by atoms with E-state index in [1.165, 1.54) is 18.5 Å². The Kier molecular flexibility index (Phi) is 8.06. The molecule has 3 aromatic carbocycles. The molecule has 2 heterocycles. The first-order valence-electron chi connectivity index (χ1n) is 12.5. The van der Waals surface area contributed by atoms with Crippen LogP contribution >= 0.6 is 0 Å². The van der Waals surface area contributed by atoms with Crippen LogP contribution in [0.1, 0.15) is 5.56 Å². The Labute approximate surface area is 232 Å². The van der Waals surface area contributed by atoms with Crippen molar-refractivity contribution in [2.75, 3.05) is 47.2 Å². The zero-order chi connectivity index (χ0) is 28.8. The molecule has 0 atom stereocenters. The number of carbonyl (C=O) groups is 1. The SMILES string of the molecule is O=C(Nc1ccc(Oc2cc(Nc3ccc(O)cc3)ncn2)cc1)Nc1ccc(N2CCOCC2)c(C(F)(F)F)c1. The second kappa shape index (κ2) is 12.0. The maximum absolute atomic E-state index is 13.8. The molecule has 0 bridgehead atoms. The lowest BCUT2D eigenvalue weighted by Crippen LogP contribution is -2.37. The van der Waals surface area contributed by atoms with Crippen molar-refractivity contribution in [1.82, 2.24) is 9.97 Å². The number of aromatic nitrogens is 2. The highest BCUT2D eigenvalue weighted by Gasteiger charge is 2.35. The van der Waals surface area contributed by atoms with Gasteiger partial charge in [-0.2, -0.15) is 13.2 Å². The summed E-state index contributed by atoms with van der Waals surface area (Å²) in [6.45, 7) is 1.40. The molecule has 0 radical (unpaired) electrons. The third-order valence-corrected chi connectivity index (χ3v) is 6.03. The van der Waals surface area contributed by atoms with Crippen LogP contribution in [-0.4, -0.2) is 47.4 Å². The van der Waals surface area contributed by atoms with E-state index in [0.29, 0.717) is 49.2 Å². The van der Waals surface area contributed by atoms with Crippen molar-refractivity contribution >= 4 is 34.6 Å². The van der Waals surface area contributed by atoms with Crippen LogP contribution in [0.2, 0.25) is 0 Å². The molecule has 0 spiro atoms. The lowest BCUT2D eigenvalue weighted by atomic mass is 10.1. The lowest BCUT2D eigenvalue weighted by Gasteiger charge is -2.31. The number of amides is 2. The van der Waals surface area contributed by atoms with Crippen molar-refractivity contribution in [3.05, 3.63) is 84.7 Å². The van der Waals surface area contributed by atoms with Gasteiger partial charge in [0.05, 0.1) is 18.8 Å². The number of hydrogen-bond donors (Lipinski definition) is 4.